The number of hydrogen-bond donors (Lipinski definition) is 8. The Hall–Kier alpha value is -3.65. The fourth-order valence-corrected chi connectivity index (χ4v) is 16.3. The largest absolute Gasteiger partial charge is 0.370 e. The van der Waals surface area contributed by atoms with Gasteiger partial charge < -0.3 is 54.8 Å². The molecule has 0 aliphatic heterocycles. The summed E-state index contributed by atoms with van der Waals surface area (Å²) >= 11 is 0. The molecular formula is C61H116N14O. The van der Waals surface area contributed by atoms with Crippen LogP contribution in [0.5, 0.6) is 0 Å². The van der Waals surface area contributed by atoms with Crippen molar-refractivity contribution in [1.29, 1.82) is 0 Å². The Bertz CT molecular complexity index is 1550. The summed E-state index contributed by atoms with van der Waals surface area (Å²) in [6.45, 7) is 8.28. The normalized spacial score (nSPS) is 26.2. The lowest BCUT2D eigenvalue weighted by Gasteiger charge is -2.57. The third-order valence-corrected chi connectivity index (χ3v) is 19.3. The molecule has 0 saturated heterocycles. The van der Waals surface area contributed by atoms with Crippen LogP contribution in [0.25, 0.3) is 0 Å². The van der Waals surface area contributed by atoms with E-state index in [-0.39, 0.29) is 18.0 Å². The molecule has 76 heavy (non-hydrogen) atoms. The Morgan fingerprint density at radius 1 is 0.355 bits per heavy atom. The second-order valence-electron chi connectivity index (χ2n) is 26.1. The van der Waals surface area contributed by atoms with Crippen molar-refractivity contribution in [3.8, 4) is 0 Å². The molecule has 436 valence electrons. The predicted octanol–water partition coefficient (Wildman–Crippen LogP) is 10.6. The van der Waals surface area contributed by atoms with E-state index in [1.807, 2.05) is 0 Å². The molecule has 0 heterocycles. The van der Waals surface area contributed by atoms with Gasteiger partial charge in [0, 0.05) is 65.4 Å². The van der Waals surface area contributed by atoms with E-state index in [2.05, 4.69) is 30.4 Å². The van der Waals surface area contributed by atoms with Gasteiger partial charge in [-0.2, -0.15) is 0 Å². The van der Waals surface area contributed by atoms with Crippen molar-refractivity contribution in [1.82, 2.24) is 20.4 Å². The molecule has 0 atom stereocenters. The summed E-state index contributed by atoms with van der Waals surface area (Å²) in [7, 11) is 0. The van der Waals surface area contributed by atoms with E-state index in [1.54, 1.807) is 0 Å². The number of carbonyl (C=O) groups is 1. The molecule has 0 unspecified atom stereocenters. The Balaban J connectivity index is 0.873. The van der Waals surface area contributed by atoms with Crippen molar-refractivity contribution < 1.29 is 4.79 Å². The zero-order valence-electron chi connectivity index (χ0n) is 48.5. The minimum Gasteiger partial charge on any atom is -0.370 e. The van der Waals surface area contributed by atoms with E-state index in [1.165, 1.54) is 154 Å². The van der Waals surface area contributed by atoms with Crippen LogP contribution in [0.2, 0.25) is 0 Å². The van der Waals surface area contributed by atoms with E-state index in [4.69, 9.17) is 44.4 Å². The van der Waals surface area contributed by atoms with Gasteiger partial charge in [-0.05, 0) is 188 Å². The zero-order valence-corrected chi connectivity index (χ0v) is 48.5. The van der Waals surface area contributed by atoms with Crippen LogP contribution in [-0.2, 0) is 0 Å². The number of nitrogens with zero attached hydrogens (tertiary/aromatic N) is 6. The summed E-state index contributed by atoms with van der Waals surface area (Å²) in [5.41, 5.74) is 35.9. The highest BCUT2D eigenvalue weighted by Crippen LogP contribution is 2.62. The lowest BCUT2D eigenvalue weighted by Crippen LogP contribution is -2.47. The first-order valence-corrected chi connectivity index (χ1v) is 32.2. The number of rotatable bonds is 42. The molecule has 8 fully saturated rings. The second-order valence-corrected chi connectivity index (χ2v) is 26.1. The van der Waals surface area contributed by atoms with E-state index >= 15 is 0 Å². The Kier molecular flexibility index (Phi) is 27.8. The van der Waals surface area contributed by atoms with Crippen molar-refractivity contribution >= 4 is 29.9 Å². The third kappa shape index (κ3) is 23.4. The summed E-state index contributed by atoms with van der Waals surface area (Å²) in [4.78, 5) is 36.6. The molecular weight excluding hydrogens is 945 g/mol. The predicted molar refractivity (Wildman–Crippen MR) is 320 cm³/mol. The molecule has 0 radical (unpaired) electrons. The molecule has 8 rings (SSSR count). The topological polar surface area (TPSA) is 253 Å². The minimum atomic E-state index is 0.174. The van der Waals surface area contributed by atoms with Crippen LogP contribution in [0.3, 0.4) is 0 Å². The van der Waals surface area contributed by atoms with Gasteiger partial charge in [0.15, 0.2) is 23.8 Å². The fraction of sp³-hybridized carbons (Fsp3) is 0.918. The summed E-state index contributed by atoms with van der Waals surface area (Å²) in [6.07, 6.45) is 47.2. The Morgan fingerprint density at radius 3 is 0.855 bits per heavy atom. The van der Waals surface area contributed by atoms with Crippen LogP contribution >= 0.6 is 0 Å². The average Bonchev–Trinajstić information content (AvgIpc) is 3.37. The van der Waals surface area contributed by atoms with Crippen LogP contribution in [0, 0.1) is 46.3 Å². The quantitative estimate of drug-likeness (QED) is 0.0164. The molecule has 0 aromatic heterocycles. The molecule has 0 spiro atoms. The second kappa shape index (κ2) is 34.4. The van der Waals surface area contributed by atoms with Crippen LogP contribution < -0.4 is 45.0 Å². The Morgan fingerprint density at radius 2 is 0.592 bits per heavy atom. The van der Waals surface area contributed by atoms with E-state index < -0.39 is 0 Å². The first-order chi connectivity index (χ1) is 37.0. The molecule has 8 saturated carbocycles. The molecule has 2 amide bonds. The molecule has 15 heteroatoms. The van der Waals surface area contributed by atoms with Crippen LogP contribution in [0.15, 0.2) is 20.0 Å². The zero-order chi connectivity index (χ0) is 53.7. The van der Waals surface area contributed by atoms with Crippen molar-refractivity contribution in [2.24, 2.45) is 101 Å². The number of nitrogens with one attached hydrogen (secondary N) is 2. The van der Waals surface area contributed by atoms with Gasteiger partial charge >= 0.3 is 6.03 Å². The van der Waals surface area contributed by atoms with Gasteiger partial charge in [-0.1, -0.05) is 103 Å². The average molecular weight is 1060 g/mol. The van der Waals surface area contributed by atoms with Gasteiger partial charge in [0.2, 0.25) is 0 Å². The highest BCUT2D eigenvalue weighted by Gasteiger charge is 2.51. The maximum atomic E-state index is 14.6. The van der Waals surface area contributed by atoms with Crippen LogP contribution in [0.1, 0.15) is 244 Å². The number of guanidine groups is 4. The van der Waals surface area contributed by atoms with E-state index in [0.29, 0.717) is 35.8 Å². The molecule has 0 aromatic carbocycles. The maximum absolute atomic E-state index is 14.6. The van der Waals surface area contributed by atoms with Crippen molar-refractivity contribution in [2.75, 3.05) is 65.4 Å². The van der Waals surface area contributed by atoms with Crippen LogP contribution in [0.4, 0.5) is 4.79 Å². The summed E-state index contributed by atoms with van der Waals surface area (Å²) in [6, 6.07) is 0.249. The number of urea groups is 1. The monoisotopic (exact) mass is 1060 g/mol. The van der Waals surface area contributed by atoms with Crippen molar-refractivity contribution in [3.63, 3.8) is 0 Å². The lowest BCUT2D eigenvalue weighted by molar-refractivity contribution is -0.0564. The summed E-state index contributed by atoms with van der Waals surface area (Å²) in [5.74, 6) is 7.59. The number of aliphatic imine (C=N–C) groups is 4. The number of amides is 2. The maximum Gasteiger partial charge on any atom is 0.319 e. The molecule has 8 aliphatic carbocycles. The van der Waals surface area contributed by atoms with Gasteiger partial charge in [0.05, 0.1) is 0 Å². The van der Waals surface area contributed by atoms with Gasteiger partial charge in [-0.25, -0.2) is 4.79 Å². The van der Waals surface area contributed by atoms with Gasteiger partial charge in [0.25, 0.3) is 0 Å². The number of unbranched alkanes of at least 4 members (excludes halogenated alkanes) is 20. The SMILES string of the molecule is NC(N)=NCCCCCCCCN(CCCCCCCCN=C(N)NCCC12CC3CC(CC(C3)C1)C2)C(=O)N(CCCCCCCCN=C(N)N)CCCCCCCCN=C(N)NCCC12CC3CC(CC(C3)C1)C2. The summed E-state index contributed by atoms with van der Waals surface area (Å²) in [5, 5.41) is 6.95. The highest BCUT2D eigenvalue weighted by atomic mass is 16.2. The Labute approximate surface area is 463 Å². The standard InChI is InChI=1S/C61H116N14O/c62-55(63)68-27-17-9-1-5-13-21-33-74(35-23-15-7-3-11-19-29-70-57(66)72-31-25-60-43-49-37-50(44-60)39-51(38-49)45-60)59(76)75(34-22-14-6-2-10-18-28-69-56(64)65)36-24-16-8-4-12-20-30-71-58(67)73-32-26-61-46-52-40-53(47-61)42-54(41-52)48-61/h49-54H,1-48H2,(H4,62,63,68)(H4,64,65,69)(H3,66,70,72)(H3,67,71,73). The van der Waals surface area contributed by atoms with Gasteiger partial charge in [-0.3, -0.25) is 20.0 Å². The smallest absolute Gasteiger partial charge is 0.319 e. The van der Waals surface area contributed by atoms with E-state index in [0.717, 1.165) is 178 Å². The van der Waals surface area contributed by atoms with Crippen LogP contribution in [-0.4, -0.2) is 105 Å². The van der Waals surface area contributed by atoms with Crippen molar-refractivity contribution in [2.45, 2.75) is 244 Å². The first-order valence-electron chi connectivity index (χ1n) is 32.2. The van der Waals surface area contributed by atoms with E-state index in [9.17, 15) is 4.79 Å². The van der Waals surface area contributed by atoms with Gasteiger partial charge in [0.1, 0.15) is 0 Å². The highest BCUT2D eigenvalue weighted by molar-refractivity contribution is 5.78. The fourth-order valence-electron chi connectivity index (χ4n) is 16.3. The molecule has 8 bridgehead atoms. The minimum absolute atomic E-state index is 0.174. The van der Waals surface area contributed by atoms with Gasteiger partial charge in [-0.15, -0.1) is 0 Å². The third-order valence-electron chi connectivity index (χ3n) is 19.3. The lowest BCUT2D eigenvalue weighted by atomic mass is 9.49. The molecule has 15 nitrogen and oxygen atoms in total. The summed E-state index contributed by atoms with van der Waals surface area (Å²) < 4.78 is 0. The number of carbonyl (C=O) groups excluding carboxylic acids is 1. The first kappa shape index (κ1) is 61.6. The number of hydrogen-bond acceptors (Lipinski definition) is 5. The molecule has 14 N–H and O–H groups in total. The van der Waals surface area contributed by atoms with Crippen molar-refractivity contribution in [3.05, 3.63) is 0 Å². The molecule has 0 aromatic rings. The molecule has 8 aliphatic rings. The number of nitrogens with two attached hydrogens (primary N) is 6.